The van der Waals surface area contributed by atoms with E-state index in [1.165, 1.54) is 16.3 Å². The zero-order valence-corrected chi connectivity index (χ0v) is 16.4. The van der Waals surface area contributed by atoms with E-state index in [4.69, 9.17) is 0 Å². The molecule has 0 atom stereocenters. The number of thioether (sulfide) groups is 1. The van der Waals surface area contributed by atoms with E-state index in [2.05, 4.69) is 28.0 Å². The van der Waals surface area contributed by atoms with Gasteiger partial charge in [-0.2, -0.15) is 0 Å². The molecule has 1 heterocycles. The second-order valence-corrected chi connectivity index (χ2v) is 7.25. The number of fused-ring (bicyclic) bond motifs is 1. The van der Waals surface area contributed by atoms with Crippen LogP contribution in [0.4, 0.5) is 5.95 Å². The molecule has 27 heavy (non-hydrogen) atoms. The normalized spacial score (nSPS) is 10.8. The van der Waals surface area contributed by atoms with E-state index in [9.17, 15) is 9.59 Å². The Morgan fingerprint density at radius 3 is 2.74 bits per heavy atom. The molecule has 2 N–H and O–H groups in total. The summed E-state index contributed by atoms with van der Waals surface area (Å²) in [6.45, 7) is 6.37. The lowest BCUT2D eigenvalue weighted by Gasteiger charge is -2.14. The Kier molecular flexibility index (Phi) is 5.81. The standard InChI is InChI=1S/C20H22N4O2S/c1-4-24-19(26)15-7-5-6-8-16(15)21-20(24)23-22-18(25)12-27-17-11-13(2)9-10-14(17)3/h5-11H,4,12H2,1-3H3,(H,21,23)(H,22,25). The Hall–Kier alpha value is -2.80. The molecule has 6 nitrogen and oxygen atoms in total. The summed E-state index contributed by atoms with van der Waals surface area (Å²) in [5, 5.41) is 0.557. The molecule has 3 aromatic rings. The van der Waals surface area contributed by atoms with Crippen LogP contribution in [0.1, 0.15) is 18.1 Å². The van der Waals surface area contributed by atoms with Crippen molar-refractivity contribution in [2.24, 2.45) is 0 Å². The third-order valence-electron chi connectivity index (χ3n) is 4.19. The van der Waals surface area contributed by atoms with Crippen molar-refractivity contribution >= 4 is 34.5 Å². The molecule has 0 fully saturated rings. The van der Waals surface area contributed by atoms with Gasteiger partial charge in [-0.1, -0.05) is 29.8 Å². The minimum atomic E-state index is -0.189. The van der Waals surface area contributed by atoms with E-state index in [1.807, 2.05) is 39.0 Å². The third-order valence-corrected chi connectivity index (χ3v) is 5.35. The molecular weight excluding hydrogens is 360 g/mol. The Labute approximate surface area is 162 Å². The lowest BCUT2D eigenvalue weighted by Crippen LogP contribution is -2.35. The summed E-state index contributed by atoms with van der Waals surface area (Å²) in [4.78, 5) is 30.3. The highest BCUT2D eigenvalue weighted by Crippen LogP contribution is 2.23. The molecule has 0 radical (unpaired) electrons. The highest BCUT2D eigenvalue weighted by atomic mass is 32.2. The van der Waals surface area contributed by atoms with E-state index >= 15 is 0 Å². The molecule has 3 rings (SSSR count). The number of hydrogen-bond acceptors (Lipinski definition) is 5. The predicted octanol–water partition coefficient (Wildman–Crippen LogP) is 3.27. The highest BCUT2D eigenvalue weighted by Gasteiger charge is 2.11. The first-order valence-electron chi connectivity index (χ1n) is 8.74. The fourth-order valence-corrected chi connectivity index (χ4v) is 3.65. The molecule has 0 aliphatic rings. The maximum absolute atomic E-state index is 12.6. The van der Waals surface area contributed by atoms with Crippen molar-refractivity contribution in [3.8, 4) is 0 Å². The molecular formula is C20H22N4O2S. The number of hydrazine groups is 1. The maximum atomic E-state index is 12.6. The van der Waals surface area contributed by atoms with E-state index in [0.29, 0.717) is 23.4 Å². The van der Waals surface area contributed by atoms with Crippen molar-refractivity contribution in [2.45, 2.75) is 32.2 Å². The molecule has 0 aliphatic heterocycles. The number of amides is 1. The van der Waals surface area contributed by atoms with Crippen LogP contribution in [-0.2, 0) is 11.3 Å². The molecule has 140 valence electrons. The van der Waals surface area contributed by atoms with Gasteiger partial charge in [-0.15, -0.1) is 11.8 Å². The number of nitrogens with zero attached hydrogens (tertiary/aromatic N) is 2. The molecule has 0 saturated carbocycles. The summed E-state index contributed by atoms with van der Waals surface area (Å²) in [6.07, 6.45) is 0. The summed E-state index contributed by atoms with van der Waals surface area (Å²) in [6, 6.07) is 13.3. The van der Waals surface area contributed by atoms with Crippen molar-refractivity contribution in [3.05, 3.63) is 63.9 Å². The molecule has 2 aromatic carbocycles. The second-order valence-electron chi connectivity index (χ2n) is 6.23. The zero-order valence-electron chi connectivity index (χ0n) is 15.6. The van der Waals surface area contributed by atoms with Crippen molar-refractivity contribution in [2.75, 3.05) is 11.2 Å². The topological polar surface area (TPSA) is 76.0 Å². The largest absolute Gasteiger partial charge is 0.277 e. The highest BCUT2D eigenvalue weighted by molar-refractivity contribution is 8.00. The third kappa shape index (κ3) is 4.31. The van der Waals surface area contributed by atoms with Gasteiger partial charge in [0.2, 0.25) is 11.9 Å². The number of nitrogens with one attached hydrogen (secondary N) is 2. The number of rotatable bonds is 6. The van der Waals surface area contributed by atoms with Crippen LogP contribution < -0.4 is 16.4 Å². The van der Waals surface area contributed by atoms with Gasteiger partial charge in [0.05, 0.1) is 16.7 Å². The van der Waals surface area contributed by atoms with Crippen LogP contribution in [0, 0.1) is 13.8 Å². The van der Waals surface area contributed by atoms with E-state index < -0.39 is 0 Å². The molecule has 0 saturated heterocycles. The van der Waals surface area contributed by atoms with Crippen molar-refractivity contribution < 1.29 is 4.79 Å². The number of aromatic nitrogens is 2. The molecule has 0 spiro atoms. The van der Waals surface area contributed by atoms with Crippen LogP contribution in [0.15, 0.2) is 52.2 Å². The smallest absolute Gasteiger partial charge is 0.262 e. The van der Waals surface area contributed by atoms with Gasteiger partial charge < -0.3 is 0 Å². The number of carbonyl (C=O) groups excluding carboxylic acids is 1. The molecule has 0 bridgehead atoms. The van der Waals surface area contributed by atoms with Gasteiger partial charge in [-0.25, -0.2) is 4.98 Å². The van der Waals surface area contributed by atoms with Gasteiger partial charge in [0, 0.05) is 11.4 Å². The number of benzene rings is 2. The lowest BCUT2D eigenvalue weighted by atomic mass is 10.2. The summed E-state index contributed by atoms with van der Waals surface area (Å²) in [5.74, 6) is 0.401. The minimum absolute atomic E-state index is 0.135. The SMILES string of the molecule is CCn1c(NNC(=O)CSc2cc(C)ccc2C)nc2ccccc2c1=O. The minimum Gasteiger partial charge on any atom is -0.277 e. The van der Waals surface area contributed by atoms with Crippen LogP contribution >= 0.6 is 11.8 Å². The average molecular weight is 382 g/mol. The van der Waals surface area contributed by atoms with Crippen LogP contribution in [0.25, 0.3) is 10.9 Å². The number of aryl methyl sites for hydroxylation is 2. The Balaban J connectivity index is 1.70. The first-order chi connectivity index (χ1) is 13.0. The summed E-state index contributed by atoms with van der Waals surface area (Å²) in [7, 11) is 0. The van der Waals surface area contributed by atoms with Gasteiger partial charge in [-0.3, -0.25) is 25.0 Å². The predicted molar refractivity (Wildman–Crippen MR) is 110 cm³/mol. The van der Waals surface area contributed by atoms with Crippen LogP contribution in [0.3, 0.4) is 0 Å². The summed E-state index contributed by atoms with van der Waals surface area (Å²) in [5.41, 5.74) is 8.20. The van der Waals surface area contributed by atoms with Crippen molar-refractivity contribution in [1.82, 2.24) is 15.0 Å². The van der Waals surface area contributed by atoms with Gasteiger partial charge >= 0.3 is 0 Å². The van der Waals surface area contributed by atoms with Crippen LogP contribution in [0.5, 0.6) is 0 Å². The molecule has 7 heteroatoms. The molecule has 0 unspecified atom stereocenters. The van der Waals surface area contributed by atoms with Crippen LogP contribution in [0.2, 0.25) is 0 Å². The molecule has 1 amide bonds. The van der Waals surface area contributed by atoms with Gasteiger partial charge in [-0.05, 0) is 44.5 Å². The van der Waals surface area contributed by atoms with E-state index in [-0.39, 0.29) is 17.2 Å². The molecule has 0 aliphatic carbocycles. The number of anilines is 1. The summed E-state index contributed by atoms with van der Waals surface area (Å²) >= 11 is 1.48. The molecule has 1 aromatic heterocycles. The van der Waals surface area contributed by atoms with Crippen molar-refractivity contribution in [1.29, 1.82) is 0 Å². The quantitative estimate of drug-likeness (QED) is 0.505. The van der Waals surface area contributed by atoms with E-state index in [0.717, 1.165) is 16.0 Å². The second kappa shape index (κ2) is 8.26. The Bertz CT molecular complexity index is 1050. The van der Waals surface area contributed by atoms with Crippen LogP contribution in [-0.4, -0.2) is 21.2 Å². The fourth-order valence-electron chi connectivity index (χ4n) is 2.72. The van der Waals surface area contributed by atoms with Gasteiger partial charge in [0.15, 0.2) is 0 Å². The van der Waals surface area contributed by atoms with Crippen molar-refractivity contribution in [3.63, 3.8) is 0 Å². The first-order valence-corrected chi connectivity index (χ1v) is 9.72. The number of hydrogen-bond donors (Lipinski definition) is 2. The lowest BCUT2D eigenvalue weighted by molar-refractivity contribution is -0.118. The Morgan fingerprint density at radius 1 is 1.19 bits per heavy atom. The maximum Gasteiger partial charge on any atom is 0.262 e. The number of carbonyl (C=O) groups is 1. The zero-order chi connectivity index (χ0) is 19.4. The fraction of sp³-hybridized carbons (Fsp3) is 0.250. The van der Waals surface area contributed by atoms with E-state index in [1.54, 1.807) is 12.1 Å². The Morgan fingerprint density at radius 2 is 1.96 bits per heavy atom. The van der Waals surface area contributed by atoms with Gasteiger partial charge in [0.1, 0.15) is 0 Å². The summed E-state index contributed by atoms with van der Waals surface area (Å²) < 4.78 is 1.50. The first kappa shape index (κ1) is 19.0. The average Bonchev–Trinajstić information content (AvgIpc) is 2.67. The number of para-hydroxylation sites is 1. The monoisotopic (exact) mass is 382 g/mol. The van der Waals surface area contributed by atoms with Gasteiger partial charge in [0.25, 0.3) is 5.56 Å².